The number of benzene rings is 1. The second-order valence-corrected chi connectivity index (χ2v) is 9.01. The molecule has 3 aromatic rings. The number of ether oxygens (including phenoxy) is 1. The first-order valence-corrected chi connectivity index (χ1v) is 10.9. The topological polar surface area (TPSA) is 58.6 Å². The van der Waals surface area contributed by atoms with Crippen molar-refractivity contribution in [2.24, 2.45) is 5.41 Å². The minimum atomic E-state index is -0.217. The smallest absolute Gasteiger partial charge is 0.223 e. The molecule has 4 heterocycles. The minimum Gasteiger partial charge on any atom is -0.379 e. The number of amides is 1. The van der Waals surface area contributed by atoms with Gasteiger partial charge in [-0.1, -0.05) is 30.3 Å². The lowest BCUT2D eigenvalue weighted by atomic mass is 9.87. The number of rotatable bonds is 3. The maximum Gasteiger partial charge on any atom is 0.223 e. The van der Waals surface area contributed by atoms with E-state index in [1.165, 1.54) is 5.56 Å². The van der Waals surface area contributed by atoms with Crippen molar-refractivity contribution in [2.75, 3.05) is 37.7 Å². The Morgan fingerprint density at radius 1 is 1.17 bits per heavy atom. The van der Waals surface area contributed by atoms with Gasteiger partial charge in [0.2, 0.25) is 5.91 Å². The number of aromatic nitrogens is 2. The Morgan fingerprint density at radius 3 is 2.90 bits per heavy atom. The van der Waals surface area contributed by atoms with Gasteiger partial charge >= 0.3 is 0 Å². The first-order valence-electron chi connectivity index (χ1n) is 10.0. The van der Waals surface area contributed by atoms with Crippen LogP contribution in [0.15, 0.2) is 48.1 Å². The van der Waals surface area contributed by atoms with Crippen LogP contribution in [0.2, 0.25) is 0 Å². The summed E-state index contributed by atoms with van der Waals surface area (Å²) < 4.78 is 7.10. The lowest BCUT2D eigenvalue weighted by Gasteiger charge is -2.33. The fourth-order valence-electron chi connectivity index (χ4n) is 4.57. The molecule has 2 saturated heterocycles. The van der Waals surface area contributed by atoms with Gasteiger partial charge in [0.1, 0.15) is 12.1 Å². The zero-order chi connectivity index (χ0) is 19.8. The first-order chi connectivity index (χ1) is 14.2. The number of hydrogen-bond acceptors (Lipinski definition) is 6. The van der Waals surface area contributed by atoms with E-state index >= 15 is 0 Å². The van der Waals surface area contributed by atoms with Crippen LogP contribution in [0.5, 0.6) is 0 Å². The van der Waals surface area contributed by atoms with E-state index in [0.717, 1.165) is 29.1 Å². The predicted octanol–water partition coefficient (Wildman–Crippen LogP) is 3.51. The van der Waals surface area contributed by atoms with Crippen LogP contribution < -0.4 is 4.90 Å². The quantitative estimate of drug-likeness (QED) is 0.664. The second kappa shape index (κ2) is 7.39. The molecule has 5 rings (SSSR count). The van der Waals surface area contributed by atoms with Crippen molar-refractivity contribution >= 4 is 33.3 Å². The molecule has 0 saturated carbocycles. The van der Waals surface area contributed by atoms with Crippen LogP contribution in [0.3, 0.4) is 0 Å². The fourth-order valence-corrected chi connectivity index (χ4v) is 5.43. The summed E-state index contributed by atoms with van der Waals surface area (Å²) in [7, 11) is 0. The van der Waals surface area contributed by atoms with Crippen LogP contribution >= 0.6 is 11.3 Å². The Hall–Kier alpha value is -2.51. The van der Waals surface area contributed by atoms with Gasteiger partial charge in [-0.05, 0) is 23.9 Å². The molecule has 2 aliphatic heterocycles. The maximum absolute atomic E-state index is 13.0. The SMILES string of the molecule is CC(c1ccccc1)N1CC2(COCCN(c3ncnc4ccsc34)C2)CC1=O. The van der Waals surface area contributed by atoms with E-state index in [1.54, 1.807) is 17.7 Å². The van der Waals surface area contributed by atoms with Gasteiger partial charge in [-0.2, -0.15) is 0 Å². The molecule has 1 spiro atoms. The Morgan fingerprint density at radius 2 is 2.03 bits per heavy atom. The number of likely N-dealkylation sites (tertiary alicyclic amines) is 1. The van der Waals surface area contributed by atoms with Crippen molar-refractivity contribution in [3.05, 3.63) is 53.7 Å². The Bertz CT molecular complexity index is 1020. The highest BCUT2D eigenvalue weighted by Crippen LogP contribution is 2.40. The molecular weight excluding hydrogens is 384 g/mol. The number of carbonyl (C=O) groups is 1. The van der Waals surface area contributed by atoms with Gasteiger partial charge < -0.3 is 14.5 Å². The summed E-state index contributed by atoms with van der Waals surface area (Å²) in [6.45, 7) is 5.60. The van der Waals surface area contributed by atoms with Crippen LogP contribution in [-0.4, -0.2) is 53.6 Å². The lowest BCUT2D eigenvalue weighted by molar-refractivity contribution is -0.129. The molecule has 6 nitrogen and oxygen atoms in total. The van der Waals surface area contributed by atoms with Crippen LogP contribution in [0, 0.1) is 5.41 Å². The molecule has 0 bridgehead atoms. The van der Waals surface area contributed by atoms with Gasteiger partial charge in [0.05, 0.1) is 29.5 Å². The Labute approximate surface area is 174 Å². The molecule has 2 fully saturated rings. The van der Waals surface area contributed by atoms with E-state index in [9.17, 15) is 4.79 Å². The normalized spacial score (nSPS) is 23.7. The molecule has 0 aliphatic carbocycles. The van der Waals surface area contributed by atoms with Crippen molar-refractivity contribution < 1.29 is 9.53 Å². The molecular formula is C22H24N4O2S. The average molecular weight is 409 g/mol. The zero-order valence-corrected chi connectivity index (χ0v) is 17.3. The van der Waals surface area contributed by atoms with Crippen molar-refractivity contribution in [3.63, 3.8) is 0 Å². The van der Waals surface area contributed by atoms with E-state index < -0.39 is 0 Å². The number of fused-ring (bicyclic) bond motifs is 1. The summed E-state index contributed by atoms with van der Waals surface area (Å²) in [4.78, 5) is 26.3. The van der Waals surface area contributed by atoms with Gasteiger partial charge in [-0.25, -0.2) is 9.97 Å². The largest absolute Gasteiger partial charge is 0.379 e. The standard InChI is InChI=1S/C22H24N4O2S/c1-16(17-5-3-2-4-6-17)26-13-22(11-19(26)27)12-25(8-9-28-14-22)21-20-18(7-10-29-20)23-15-24-21/h2-7,10,15-16H,8-9,11-14H2,1H3. The Balaban J connectivity index is 1.43. The molecule has 7 heteroatoms. The van der Waals surface area contributed by atoms with E-state index in [1.807, 2.05) is 29.2 Å². The van der Waals surface area contributed by atoms with Crippen LogP contribution in [0.4, 0.5) is 5.82 Å². The summed E-state index contributed by atoms with van der Waals surface area (Å²) in [5, 5.41) is 2.05. The van der Waals surface area contributed by atoms with Crippen LogP contribution in [-0.2, 0) is 9.53 Å². The highest BCUT2D eigenvalue weighted by atomic mass is 32.1. The van der Waals surface area contributed by atoms with Gasteiger partial charge in [-0.15, -0.1) is 11.3 Å². The maximum atomic E-state index is 13.0. The van der Waals surface area contributed by atoms with Gasteiger partial charge in [0, 0.05) is 31.5 Å². The summed E-state index contributed by atoms with van der Waals surface area (Å²) in [6, 6.07) is 12.3. The summed E-state index contributed by atoms with van der Waals surface area (Å²) >= 11 is 1.66. The minimum absolute atomic E-state index is 0.0582. The monoisotopic (exact) mass is 408 g/mol. The van der Waals surface area contributed by atoms with Gasteiger partial charge in [0.15, 0.2) is 0 Å². The first kappa shape index (κ1) is 18.5. The number of thiophene rings is 1. The highest BCUT2D eigenvalue weighted by molar-refractivity contribution is 7.17. The number of nitrogens with zero attached hydrogens (tertiary/aromatic N) is 4. The van der Waals surface area contributed by atoms with E-state index in [4.69, 9.17) is 4.74 Å². The predicted molar refractivity (Wildman–Crippen MR) is 114 cm³/mol. The number of anilines is 1. The van der Waals surface area contributed by atoms with Crippen molar-refractivity contribution in [1.29, 1.82) is 0 Å². The van der Waals surface area contributed by atoms with Crippen LogP contribution in [0.25, 0.3) is 10.2 Å². The highest BCUT2D eigenvalue weighted by Gasteiger charge is 2.47. The molecule has 29 heavy (non-hydrogen) atoms. The second-order valence-electron chi connectivity index (χ2n) is 8.09. The van der Waals surface area contributed by atoms with Crippen molar-refractivity contribution in [3.8, 4) is 0 Å². The number of hydrogen-bond donors (Lipinski definition) is 0. The molecule has 150 valence electrons. The van der Waals surface area contributed by atoms with Gasteiger partial charge in [0.25, 0.3) is 0 Å². The van der Waals surface area contributed by atoms with E-state index in [-0.39, 0.29) is 17.4 Å². The van der Waals surface area contributed by atoms with E-state index in [2.05, 4.69) is 39.3 Å². The Kier molecular flexibility index (Phi) is 4.72. The third-order valence-electron chi connectivity index (χ3n) is 6.07. The third-order valence-corrected chi connectivity index (χ3v) is 6.97. The molecule has 0 radical (unpaired) electrons. The third kappa shape index (κ3) is 3.38. The summed E-state index contributed by atoms with van der Waals surface area (Å²) in [5.41, 5.74) is 1.92. The molecule has 2 aromatic heterocycles. The van der Waals surface area contributed by atoms with E-state index in [0.29, 0.717) is 26.2 Å². The molecule has 2 atom stereocenters. The fraction of sp³-hybridized carbons (Fsp3) is 0.409. The molecule has 1 amide bonds. The summed E-state index contributed by atoms with van der Waals surface area (Å²) in [5.74, 6) is 1.16. The zero-order valence-electron chi connectivity index (χ0n) is 16.5. The molecule has 2 unspecified atom stereocenters. The molecule has 1 aromatic carbocycles. The average Bonchev–Trinajstić information content (AvgIpc) is 3.28. The molecule has 0 N–H and O–H groups in total. The summed E-state index contributed by atoms with van der Waals surface area (Å²) in [6.07, 6.45) is 2.14. The van der Waals surface area contributed by atoms with Crippen molar-refractivity contribution in [1.82, 2.24) is 14.9 Å². The molecule has 2 aliphatic rings. The van der Waals surface area contributed by atoms with Gasteiger partial charge in [-0.3, -0.25) is 4.79 Å². The van der Waals surface area contributed by atoms with Crippen molar-refractivity contribution in [2.45, 2.75) is 19.4 Å². The van der Waals surface area contributed by atoms with Crippen LogP contribution in [0.1, 0.15) is 24.9 Å². The number of carbonyl (C=O) groups excluding carboxylic acids is 1. The lowest BCUT2D eigenvalue weighted by Crippen LogP contribution is -2.41.